The summed E-state index contributed by atoms with van der Waals surface area (Å²) in [6, 6.07) is 13.7. The lowest BCUT2D eigenvalue weighted by molar-refractivity contribution is 0.311. The van der Waals surface area contributed by atoms with Crippen LogP contribution in [0.4, 0.5) is 0 Å². The van der Waals surface area contributed by atoms with Crippen molar-refractivity contribution in [2.24, 2.45) is 17.6 Å². The number of benzene rings is 1. The first-order valence-electron chi connectivity index (χ1n) is 6.77. The molecule has 2 rings (SSSR count). The number of oxime groups is 1. The average Bonchev–Trinajstić information content (AvgIpc) is 2.80. The van der Waals surface area contributed by atoms with E-state index >= 15 is 0 Å². The molecule has 1 aromatic carbocycles. The Kier molecular flexibility index (Phi) is 3.86. The zero-order valence-electron chi connectivity index (χ0n) is 12.8. The molecule has 4 nitrogen and oxygen atoms in total. The summed E-state index contributed by atoms with van der Waals surface area (Å²) in [5.74, 6) is 0. The van der Waals surface area contributed by atoms with Crippen LogP contribution in [0.25, 0.3) is 11.3 Å². The highest BCUT2D eigenvalue weighted by Crippen LogP contribution is 2.25. The molecule has 0 saturated carbocycles. The Morgan fingerprint density at radius 3 is 2.19 bits per heavy atom. The summed E-state index contributed by atoms with van der Waals surface area (Å²) in [6.07, 6.45) is 0. The minimum Gasteiger partial charge on any atom is -0.411 e. The summed E-state index contributed by atoms with van der Waals surface area (Å²) in [5, 5.41) is 21.7. The van der Waals surface area contributed by atoms with E-state index in [1.54, 1.807) is 6.07 Å². The van der Waals surface area contributed by atoms with Gasteiger partial charge in [0.05, 0.1) is 5.71 Å². The van der Waals surface area contributed by atoms with Gasteiger partial charge in [0.2, 0.25) is 0 Å². The first-order valence-corrected chi connectivity index (χ1v) is 6.77. The van der Waals surface area contributed by atoms with Gasteiger partial charge < -0.3 is 9.77 Å². The van der Waals surface area contributed by atoms with Crippen molar-refractivity contribution in [1.82, 2.24) is 4.57 Å². The number of nitrogens with zero attached hydrogens (tertiary/aromatic N) is 3. The van der Waals surface area contributed by atoms with E-state index in [9.17, 15) is 5.21 Å². The molecule has 0 unspecified atom stereocenters. The first kappa shape index (κ1) is 14.9. The molecule has 2 aromatic rings. The van der Waals surface area contributed by atoms with Crippen LogP contribution < -0.4 is 0 Å². The maximum Gasteiger partial charge on any atom is 0.120 e. The third-order valence-electron chi connectivity index (χ3n) is 3.50. The van der Waals surface area contributed by atoms with E-state index < -0.39 is 0 Å². The van der Waals surface area contributed by atoms with Gasteiger partial charge in [0.25, 0.3) is 0 Å². The Bertz CT molecular complexity index is 710. The molecule has 0 radical (unpaired) electrons. The van der Waals surface area contributed by atoms with Gasteiger partial charge in [-0.1, -0.05) is 50.2 Å². The number of rotatable bonds is 2. The summed E-state index contributed by atoms with van der Waals surface area (Å²) < 4.78 is 1.86. The van der Waals surface area contributed by atoms with Gasteiger partial charge in [-0.3, -0.25) is 0 Å². The van der Waals surface area contributed by atoms with E-state index in [0.29, 0.717) is 11.4 Å². The summed E-state index contributed by atoms with van der Waals surface area (Å²) in [4.78, 5) is 0. The van der Waals surface area contributed by atoms with Gasteiger partial charge in [0.1, 0.15) is 11.8 Å². The van der Waals surface area contributed by atoms with Crippen molar-refractivity contribution < 1.29 is 5.21 Å². The van der Waals surface area contributed by atoms with E-state index in [2.05, 4.69) is 11.2 Å². The second-order valence-electron chi connectivity index (χ2n) is 6.05. The van der Waals surface area contributed by atoms with Crippen molar-refractivity contribution >= 4 is 5.71 Å². The number of aromatic nitrogens is 1. The lowest BCUT2D eigenvalue weighted by atomic mass is 9.85. The van der Waals surface area contributed by atoms with Crippen molar-refractivity contribution in [3.63, 3.8) is 0 Å². The first-order chi connectivity index (χ1) is 9.88. The smallest absolute Gasteiger partial charge is 0.120 e. The van der Waals surface area contributed by atoms with Crippen LogP contribution in [-0.2, 0) is 7.05 Å². The van der Waals surface area contributed by atoms with Crippen LogP contribution in [0.1, 0.15) is 32.0 Å². The summed E-state index contributed by atoms with van der Waals surface area (Å²) in [5.41, 5.74) is 3.95. The Hall–Kier alpha value is -2.54. The van der Waals surface area contributed by atoms with Crippen molar-refractivity contribution in [2.75, 3.05) is 0 Å². The lowest BCUT2D eigenvalue weighted by Crippen LogP contribution is -2.21. The molecule has 0 saturated heterocycles. The molecule has 21 heavy (non-hydrogen) atoms. The third kappa shape index (κ3) is 2.82. The van der Waals surface area contributed by atoms with Crippen molar-refractivity contribution in [3.05, 3.63) is 47.7 Å². The molecule has 1 N–H and O–H groups in total. The highest BCUT2D eigenvalue weighted by molar-refractivity contribution is 6.04. The van der Waals surface area contributed by atoms with Gasteiger partial charge in [-0.05, 0) is 23.3 Å². The van der Waals surface area contributed by atoms with Crippen LogP contribution in [-0.4, -0.2) is 15.5 Å². The molecule has 108 valence electrons. The zero-order valence-corrected chi connectivity index (χ0v) is 12.8. The average molecular weight is 281 g/mol. The molecule has 0 spiro atoms. The van der Waals surface area contributed by atoms with E-state index in [1.165, 1.54) is 0 Å². The summed E-state index contributed by atoms with van der Waals surface area (Å²) in [6.45, 7) is 6.02. The molecule has 1 heterocycles. The Morgan fingerprint density at radius 1 is 1.14 bits per heavy atom. The highest BCUT2D eigenvalue weighted by Gasteiger charge is 2.21. The van der Waals surface area contributed by atoms with Crippen molar-refractivity contribution in [1.29, 1.82) is 5.26 Å². The van der Waals surface area contributed by atoms with Crippen LogP contribution in [0.2, 0.25) is 0 Å². The fraction of sp³-hybridized carbons (Fsp3) is 0.294. The molecule has 1 aromatic heterocycles. The predicted molar refractivity (Wildman–Crippen MR) is 83.3 cm³/mol. The van der Waals surface area contributed by atoms with Crippen LogP contribution in [0.15, 0.2) is 41.6 Å². The van der Waals surface area contributed by atoms with Gasteiger partial charge in [0, 0.05) is 18.2 Å². The minimum absolute atomic E-state index is 0.227. The minimum atomic E-state index is -0.227. The van der Waals surface area contributed by atoms with E-state index in [0.717, 1.165) is 16.8 Å². The number of hydrogen-bond donors (Lipinski definition) is 1. The highest BCUT2D eigenvalue weighted by atomic mass is 16.4. The molecule has 0 amide bonds. The van der Waals surface area contributed by atoms with E-state index in [4.69, 9.17) is 5.26 Å². The molecule has 4 heteroatoms. The zero-order chi connectivity index (χ0) is 15.6. The molecule has 0 fully saturated rings. The molecule has 0 atom stereocenters. The SMILES string of the molecule is Cn1c(C#N)ccc1-c1ccc(C(=NO)C(C)(C)C)cc1. The molecular weight excluding hydrogens is 262 g/mol. The molecular formula is C17H19N3O. The maximum absolute atomic E-state index is 9.23. The van der Waals surface area contributed by atoms with E-state index in [-0.39, 0.29) is 5.41 Å². The van der Waals surface area contributed by atoms with Crippen molar-refractivity contribution in [3.8, 4) is 17.3 Å². The molecule has 0 aliphatic rings. The quantitative estimate of drug-likeness (QED) is 0.517. The fourth-order valence-electron chi connectivity index (χ4n) is 2.35. The number of hydrogen-bond acceptors (Lipinski definition) is 3. The van der Waals surface area contributed by atoms with Gasteiger partial charge in [0.15, 0.2) is 0 Å². The maximum atomic E-state index is 9.23. The standard InChI is InChI=1S/C17H19N3O/c1-17(2,3)16(19-21)13-7-5-12(6-8-13)15-10-9-14(11-18)20(15)4/h5-10,21H,1-4H3. The normalized spacial score (nSPS) is 12.2. The van der Waals surface area contributed by atoms with Gasteiger partial charge in [-0.25, -0.2) is 0 Å². The molecule has 0 aliphatic heterocycles. The van der Waals surface area contributed by atoms with Crippen molar-refractivity contribution in [2.45, 2.75) is 20.8 Å². The monoisotopic (exact) mass is 281 g/mol. The Balaban J connectivity index is 2.40. The van der Waals surface area contributed by atoms with E-state index in [1.807, 2.05) is 62.7 Å². The Labute approximate surface area is 124 Å². The van der Waals surface area contributed by atoms with Crippen LogP contribution >= 0.6 is 0 Å². The topological polar surface area (TPSA) is 61.3 Å². The predicted octanol–water partition coefficient (Wildman–Crippen LogP) is 3.79. The fourth-order valence-corrected chi connectivity index (χ4v) is 2.35. The molecule has 0 bridgehead atoms. The largest absolute Gasteiger partial charge is 0.411 e. The molecule has 0 aliphatic carbocycles. The lowest BCUT2D eigenvalue weighted by Gasteiger charge is -2.20. The summed E-state index contributed by atoms with van der Waals surface area (Å²) >= 11 is 0. The second kappa shape index (κ2) is 5.45. The van der Waals surface area contributed by atoms with Gasteiger partial charge in [-0.15, -0.1) is 0 Å². The van der Waals surface area contributed by atoms with Crippen LogP contribution in [0, 0.1) is 16.7 Å². The van der Waals surface area contributed by atoms with Gasteiger partial charge >= 0.3 is 0 Å². The van der Waals surface area contributed by atoms with Crippen LogP contribution in [0.5, 0.6) is 0 Å². The second-order valence-corrected chi connectivity index (χ2v) is 6.05. The number of nitriles is 1. The Morgan fingerprint density at radius 2 is 1.76 bits per heavy atom. The van der Waals surface area contributed by atoms with Crippen LogP contribution in [0.3, 0.4) is 0 Å². The third-order valence-corrected chi connectivity index (χ3v) is 3.50. The van der Waals surface area contributed by atoms with Gasteiger partial charge in [-0.2, -0.15) is 5.26 Å². The summed E-state index contributed by atoms with van der Waals surface area (Å²) in [7, 11) is 1.87.